The largest absolute Gasteiger partial charge is 0.462 e. The predicted octanol–water partition coefficient (Wildman–Crippen LogP) is 3.36. The van der Waals surface area contributed by atoms with E-state index in [-0.39, 0.29) is 24.2 Å². The number of pyridine rings is 1. The molecule has 6 heteroatoms. The van der Waals surface area contributed by atoms with E-state index in [1.807, 2.05) is 30.3 Å². The molecule has 0 amide bonds. The molecule has 0 N–H and O–H groups in total. The average molecular weight is 351 g/mol. The molecule has 0 aliphatic heterocycles. The van der Waals surface area contributed by atoms with Gasteiger partial charge in [-0.3, -0.25) is 9.36 Å². The standard InChI is InChI=1S/C20H17NO5/c1-2-25-19(23)16-12-21(17-11-7-6-10-15(17)18(16)22)20(24)26-13-14-8-4-3-5-9-14/h3-12H,2,13H2,1H3. The minimum absolute atomic E-state index is 0.0782. The van der Waals surface area contributed by atoms with Gasteiger partial charge in [-0.1, -0.05) is 42.5 Å². The fourth-order valence-corrected chi connectivity index (χ4v) is 2.57. The molecular formula is C20H17NO5. The molecule has 0 atom stereocenters. The first-order chi connectivity index (χ1) is 12.6. The smallest absolute Gasteiger partial charge is 0.418 e. The highest BCUT2D eigenvalue weighted by Crippen LogP contribution is 2.14. The zero-order valence-corrected chi connectivity index (χ0v) is 14.2. The Morgan fingerprint density at radius 3 is 2.38 bits per heavy atom. The molecule has 0 aliphatic rings. The molecule has 0 bridgehead atoms. The van der Waals surface area contributed by atoms with Crippen molar-refractivity contribution in [2.75, 3.05) is 6.61 Å². The van der Waals surface area contributed by atoms with Crippen LogP contribution in [0.2, 0.25) is 0 Å². The van der Waals surface area contributed by atoms with Crippen molar-refractivity contribution in [3.05, 3.63) is 82.1 Å². The Bertz CT molecular complexity index is 1010. The maximum absolute atomic E-state index is 12.6. The van der Waals surface area contributed by atoms with Gasteiger partial charge in [0.25, 0.3) is 0 Å². The van der Waals surface area contributed by atoms with E-state index in [9.17, 15) is 14.4 Å². The van der Waals surface area contributed by atoms with E-state index in [2.05, 4.69) is 0 Å². The van der Waals surface area contributed by atoms with Crippen molar-refractivity contribution in [2.24, 2.45) is 0 Å². The molecule has 0 spiro atoms. The van der Waals surface area contributed by atoms with Gasteiger partial charge < -0.3 is 9.47 Å². The zero-order chi connectivity index (χ0) is 18.5. The number of aromatic nitrogens is 1. The summed E-state index contributed by atoms with van der Waals surface area (Å²) in [4.78, 5) is 37.2. The molecule has 6 nitrogen and oxygen atoms in total. The van der Waals surface area contributed by atoms with E-state index in [4.69, 9.17) is 9.47 Å². The number of nitrogens with zero attached hydrogens (tertiary/aromatic N) is 1. The van der Waals surface area contributed by atoms with Crippen LogP contribution in [0.15, 0.2) is 65.6 Å². The van der Waals surface area contributed by atoms with E-state index < -0.39 is 17.5 Å². The van der Waals surface area contributed by atoms with E-state index in [0.29, 0.717) is 5.52 Å². The molecule has 132 valence electrons. The summed E-state index contributed by atoms with van der Waals surface area (Å²) < 4.78 is 11.4. The average Bonchev–Trinajstić information content (AvgIpc) is 2.67. The zero-order valence-electron chi connectivity index (χ0n) is 14.2. The van der Waals surface area contributed by atoms with Crippen LogP contribution in [-0.4, -0.2) is 23.2 Å². The Labute approximate surface area is 149 Å². The molecule has 3 rings (SSSR count). The number of para-hydroxylation sites is 1. The summed E-state index contributed by atoms with van der Waals surface area (Å²) >= 11 is 0. The first-order valence-electron chi connectivity index (χ1n) is 8.14. The summed E-state index contributed by atoms with van der Waals surface area (Å²) in [6.45, 7) is 1.85. The molecule has 0 aliphatic carbocycles. The summed E-state index contributed by atoms with van der Waals surface area (Å²) in [5, 5.41) is 0.245. The van der Waals surface area contributed by atoms with Crippen LogP contribution >= 0.6 is 0 Å². The van der Waals surface area contributed by atoms with Gasteiger partial charge in [0.1, 0.15) is 12.2 Å². The van der Waals surface area contributed by atoms with Crippen LogP contribution < -0.4 is 5.43 Å². The lowest BCUT2D eigenvalue weighted by molar-refractivity contribution is 0.0524. The molecule has 3 aromatic rings. The third-order valence-corrected chi connectivity index (χ3v) is 3.81. The summed E-state index contributed by atoms with van der Waals surface area (Å²) in [7, 11) is 0. The number of hydrogen-bond acceptors (Lipinski definition) is 5. The normalized spacial score (nSPS) is 10.5. The lowest BCUT2D eigenvalue weighted by Gasteiger charge is -2.12. The number of esters is 1. The number of ether oxygens (including phenoxy) is 2. The maximum atomic E-state index is 12.6. The van der Waals surface area contributed by atoms with Crippen LogP contribution in [0.4, 0.5) is 4.79 Å². The SMILES string of the molecule is CCOC(=O)c1cn(C(=O)OCc2ccccc2)c2ccccc2c1=O. The second kappa shape index (κ2) is 7.65. The highest BCUT2D eigenvalue weighted by atomic mass is 16.5. The number of rotatable bonds is 4. The molecule has 0 radical (unpaired) electrons. The van der Waals surface area contributed by atoms with Crippen molar-refractivity contribution in [1.82, 2.24) is 4.57 Å². The van der Waals surface area contributed by atoms with Crippen molar-refractivity contribution < 1.29 is 19.1 Å². The lowest BCUT2D eigenvalue weighted by Crippen LogP contribution is -2.24. The summed E-state index contributed by atoms with van der Waals surface area (Å²) in [6.07, 6.45) is 0.492. The minimum Gasteiger partial charge on any atom is -0.462 e. The number of benzene rings is 2. The molecule has 2 aromatic carbocycles. The van der Waals surface area contributed by atoms with Gasteiger partial charge in [-0.15, -0.1) is 0 Å². The van der Waals surface area contributed by atoms with E-state index in [1.165, 1.54) is 6.20 Å². The van der Waals surface area contributed by atoms with Gasteiger partial charge in [-0.2, -0.15) is 0 Å². The van der Waals surface area contributed by atoms with Crippen LogP contribution in [0.25, 0.3) is 10.9 Å². The predicted molar refractivity (Wildman–Crippen MR) is 96.2 cm³/mol. The second-order valence-corrected chi connectivity index (χ2v) is 5.52. The summed E-state index contributed by atoms with van der Waals surface area (Å²) in [5.41, 5.74) is 0.508. The van der Waals surface area contributed by atoms with E-state index in [0.717, 1.165) is 10.1 Å². The highest BCUT2D eigenvalue weighted by Gasteiger charge is 2.19. The quantitative estimate of drug-likeness (QED) is 0.674. The summed E-state index contributed by atoms with van der Waals surface area (Å²) in [6, 6.07) is 15.8. The Kier molecular flexibility index (Phi) is 5.12. The Morgan fingerprint density at radius 1 is 0.962 bits per heavy atom. The van der Waals surface area contributed by atoms with Gasteiger partial charge >= 0.3 is 12.1 Å². The molecule has 0 saturated heterocycles. The monoisotopic (exact) mass is 351 g/mol. The molecule has 0 fully saturated rings. The minimum atomic E-state index is -0.770. The lowest BCUT2D eigenvalue weighted by atomic mass is 10.1. The van der Waals surface area contributed by atoms with Crippen molar-refractivity contribution in [3.8, 4) is 0 Å². The Balaban J connectivity index is 2.01. The van der Waals surface area contributed by atoms with Crippen molar-refractivity contribution in [2.45, 2.75) is 13.5 Å². The van der Waals surface area contributed by atoms with Gasteiger partial charge in [0.15, 0.2) is 0 Å². The van der Waals surface area contributed by atoms with Gasteiger partial charge in [0, 0.05) is 11.6 Å². The molecule has 0 unspecified atom stereocenters. The van der Waals surface area contributed by atoms with E-state index in [1.54, 1.807) is 31.2 Å². The van der Waals surface area contributed by atoms with Gasteiger partial charge in [-0.25, -0.2) is 9.59 Å². The first-order valence-corrected chi connectivity index (χ1v) is 8.14. The first kappa shape index (κ1) is 17.4. The van der Waals surface area contributed by atoms with Gasteiger partial charge in [0.2, 0.25) is 5.43 Å². The van der Waals surface area contributed by atoms with E-state index >= 15 is 0 Å². The third kappa shape index (κ3) is 3.49. The van der Waals surface area contributed by atoms with Crippen molar-refractivity contribution in [1.29, 1.82) is 0 Å². The van der Waals surface area contributed by atoms with Gasteiger partial charge in [0.05, 0.1) is 12.1 Å². The van der Waals surface area contributed by atoms with Gasteiger partial charge in [-0.05, 0) is 24.6 Å². The van der Waals surface area contributed by atoms with Crippen molar-refractivity contribution >= 4 is 23.0 Å². The van der Waals surface area contributed by atoms with Crippen LogP contribution in [0.3, 0.4) is 0 Å². The van der Waals surface area contributed by atoms with Crippen LogP contribution in [0.1, 0.15) is 22.8 Å². The number of carbonyl (C=O) groups excluding carboxylic acids is 2. The molecule has 0 saturated carbocycles. The van der Waals surface area contributed by atoms with Crippen LogP contribution in [-0.2, 0) is 16.1 Å². The Morgan fingerprint density at radius 2 is 1.65 bits per heavy atom. The molecule has 1 heterocycles. The molecule has 1 aromatic heterocycles. The van der Waals surface area contributed by atoms with Crippen molar-refractivity contribution in [3.63, 3.8) is 0 Å². The molecule has 26 heavy (non-hydrogen) atoms. The maximum Gasteiger partial charge on any atom is 0.418 e. The Hall–Kier alpha value is -3.41. The third-order valence-electron chi connectivity index (χ3n) is 3.81. The topological polar surface area (TPSA) is 74.6 Å². The van der Waals surface area contributed by atoms with Crippen LogP contribution in [0.5, 0.6) is 0 Å². The highest BCUT2D eigenvalue weighted by molar-refractivity contribution is 5.96. The number of fused-ring (bicyclic) bond motifs is 1. The number of carbonyl (C=O) groups is 2. The molecular weight excluding hydrogens is 334 g/mol. The fraction of sp³-hybridized carbons (Fsp3) is 0.150. The van der Waals surface area contributed by atoms with Crippen LogP contribution in [0, 0.1) is 0 Å². The fourth-order valence-electron chi connectivity index (χ4n) is 2.57. The summed E-state index contributed by atoms with van der Waals surface area (Å²) in [5.74, 6) is -0.770. The second-order valence-electron chi connectivity index (χ2n) is 5.52. The number of hydrogen-bond donors (Lipinski definition) is 0.